The Morgan fingerprint density at radius 1 is 0.810 bits per heavy atom. The number of fused-ring (bicyclic) bond motifs is 3. The van der Waals surface area contributed by atoms with Gasteiger partial charge in [-0.2, -0.15) is 0 Å². The molecule has 102 valence electrons. The Morgan fingerprint density at radius 2 is 1.62 bits per heavy atom. The van der Waals surface area contributed by atoms with E-state index in [1.165, 1.54) is 6.07 Å². The Bertz CT molecular complexity index is 969. The number of aromatic amines is 1. The third-order valence-corrected chi connectivity index (χ3v) is 3.81. The van der Waals surface area contributed by atoms with Gasteiger partial charge in [-0.15, -0.1) is 0 Å². The lowest BCUT2D eigenvalue weighted by Crippen LogP contribution is -1.85. The molecule has 3 heteroatoms. The molecule has 3 aromatic carbocycles. The molecular formula is C18H13FN2. The van der Waals surface area contributed by atoms with E-state index in [0.717, 1.165) is 27.4 Å². The molecule has 0 unspecified atom stereocenters. The summed E-state index contributed by atoms with van der Waals surface area (Å²) in [5, 5.41) is 2.08. The van der Waals surface area contributed by atoms with Crippen LogP contribution < -0.4 is 5.73 Å². The summed E-state index contributed by atoms with van der Waals surface area (Å²) in [6.07, 6.45) is 0. The van der Waals surface area contributed by atoms with Crippen molar-refractivity contribution in [1.29, 1.82) is 0 Å². The molecule has 0 atom stereocenters. The fraction of sp³-hybridized carbons (Fsp3) is 0. The Hall–Kier alpha value is -2.81. The molecule has 0 aliphatic carbocycles. The SMILES string of the molecule is Nc1ccc2c(c1)[nH]c1cccc(-c3ccccc3F)c12. The lowest BCUT2D eigenvalue weighted by molar-refractivity contribution is 0.631. The van der Waals surface area contributed by atoms with Crippen LogP contribution in [-0.2, 0) is 0 Å². The third kappa shape index (κ3) is 1.78. The van der Waals surface area contributed by atoms with Crippen LogP contribution in [0.5, 0.6) is 0 Å². The Balaban J connectivity index is 2.15. The van der Waals surface area contributed by atoms with Gasteiger partial charge in [0.2, 0.25) is 0 Å². The number of rotatable bonds is 1. The summed E-state index contributed by atoms with van der Waals surface area (Å²) in [5.41, 5.74) is 10.0. The van der Waals surface area contributed by atoms with Crippen LogP contribution in [0.1, 0.15) is 0 Å². The highest BCUT2D eigenvalue weighted by molar-refractivity contribution is 6.14. The van der Waals surface area contributed by atoms with Crippen molar-refractivity contribution < 1.29 is 4.39 Å². The van der Waals surface area contributed by atoms with Crippen LogP contribution in [0.4, 0.5) is 10.1 Å². The van der Waals surface area contributed by atoms with Crippen molar-refractivity contribution in [3.8, 4) is 11.1 Å². The van der Waals surface area contributed by atoms with Crippen molar-refractivity contribution in [2.75, 3.05) is 5.73 Å². The van der Waals surface area contributed by atoms with Crippen LogP contribution in [0, 0.1) is 5.82 Å². The standard InChI is InChI=1S/C18H13FN2/c19-15-6-2-1-4-12(15)13-5-3-7-16-18(13)14-9-8-11(20)10-17(14)21-16/h1-10,21H,20H2. The molecule has 0 aliphatic heterocycles. The monoisotopic (exact) mass is 276 g/mol. The number of halogens is 1. The van der Waals surface area contributed by atoms with Crippen LogP contribution >= 0.6 is 0 Å². The van der Waals surface area contributed by atoms with Crippen LogP contribution in [0.3, 0.4) is 0 Å². The molecule has 0 spiro atoms. The van der Waals surface area contributed by atoms with Gasteiger partial charge in [-0.1, -0.05) is 36.4 Å². The minimum atomic E-state index is -0.213. The van der Waals surface area contributed by atoms with E-state index in [9.17, 15) is 4.39 Å². The largest absolute Gasteiger partial charge is 0.399 e. The molecule has 0 radical (unpaired) electrons. The Labute approximate surface area is 121 Å². The summed E-state index contributed by atoms with van der Waals surface area (Å²) < 4.78 is 14.1. The second-order valence-electron chi connectivity index (χ2n) is 5.14. The highest BCUT2D eigenvalue weighted by Crippen LogP contribution is 2.35. The van der Waals surface area contributed by atoms with Crippen molar-refractivity contribution in [3.63, 3.8) is 0 Å². The molecule has 1 aromatic heterocycles. The normalized spacial score (nSPS) is 11.3. The van der Waals surface area contributed by atoms with Crippen molar-refractivity contribution >= 4 is 27.5 Å². The molecule has 0 fully saturated rings. The van der Waals surface area contributed by atoms with Crippen molar-refractivity contribution in [3.05, 3.63) is 66.5 Å². The zero-order valence-corrected chi connectivity index (χ0v) is 11.2. The van der Waals surface area contributed by atoms with Gasteiger partial charge < -0.3 is 10.7 Å². The van der Waals surface area contributed by atoms with Crippen molar-refractivity contribution in [2.45, 2.75) is 0 Å². The second kappa shape index (κ2) is 4.35. The van der Waals surface area contributed by atoms with Crippen LogP contribution in [-0.4, -0.2) is 4.98 Å². The van der Waals surface area contributed by atoms with Gasteiger partial charge in [-0.25, -0.2) is 4.39 Å². The minimum absolute atomic E-state index is 0.213. The first kappa shape index (κ1) is 12.0. The molecular weight excluding hydrogens is 263 g/mol. The van der Waals surface area contributed by atoms with E-state index < -0.39 is 0 Å². The highest BCUT2D eigenvalue weighted by Gasteiger charge is 2.12. The lowest BCUT2D eigenvalue weighted by atomic mass is 9.99. The average molecular weight is 276 g/mol. The first-order chi connectivity index (χ1) is 10.2. The van der Waals surface area contributed by atoms with E-state index in [0.29, 0.717) is 11.3 Å². The minimum Gasteiger partial charge on any atom is -0.399 e. The smallest absolute Gasteiger partial charge is 0.131 e. The van der Waals surface area contributed by atoms with E-state index >= 15 is 0 Å². The van der Waals surface area contributed by atoms with Gasteiger partial charge in [0, 0.05) is 33.1 Å². The molecule has 1 heterocycles. The van der Waals surface area contributed by atoms with Gasteiger partial charge in [0.25, 0.3) is 0 Å². The van der Waals surface area contributed by atoms with E-state index in [-0.39, 0.29) is 5.82 Å². The third-order valence-electron chi connectivity index (χ3n) is 3.81. The number of hydrogen-bond donors (Lipinski definition) is 2. The first-order valence-corrected chi connectivity index (χ1v) is 6.79. The number of nitrogens with two attached hydrogens (primary N) is 1. The quantitative estimate of drug-likeness (QED) is 0.486. The van der Waals surface area contributed by atoms with Crippen molar-refractivity contribution in [2.24, 2.45) is 0 Å². The average Bonchev–Trinajstić information content (AvgIpc) is 2.85. The zero-order chi connectivity index (χ0) is 14.4. The predicted molar refractivity (Wildman–Crippen MR) is 85.6 cm³/mol. The molecule has 4 rings (SSSR count). The van der Waals surface area contributed by atoms with E-state index in [4.69, 9.17) is 5.73 Å². The maximum Gasteiger partial charge on any atom is 0.131 e. The fourth-order valence-electron chi connectivity index (χ4n) is 2.88. The van der Waals surface area contributed by atoms with Gasteiger partial charge in [-0.05, 0) is 29.8 Å². The fourth-order valence-corrected chi connectivity index (χ4v) is 2.88. The lowest BCUT2D eigenvalue weighted by Gasteiger charge is -2.05. The predicted octanol–water partition coefficient (Wildman–Crippen LogP) is 4.71. The van der Waals surface area contributed by atoms with Crippen molar-refractivity contribution in [1.82, 2.24) is 4.98 Å². The molecule has 0 amide bonds. The summed E-state index contributed by atoms with van der Waals surface area (Å²) in [4.78, 5) is 3.35. The topological polar surface area (TPSA) is 41.8 Å². The summed E-state index contributed by atoms with van der Waals surface area (Å²) in [6.45, 7) is 0. The molecule has 0 saturated heterocycles. The zero-order valence-electron chi connectivity index (χ0n) is 11.2. The van der Waals surface area contributed by atoms with Gasteiger partial charge in [-0.3, -0.25) is 0 Å². The Morgan fingerprint density at radius 3 is 2.48 bits per heavy atom. The number of hydrogen-bond acceptors (Lipinski definition) is 1. The number of nitrogen functional groups attached to an aromatic ring is 1. The molecule has 3 N–H and O–H groups in total. The molecule has 21 heavy (non-hydrogen) atoms. The van der Waals surface area contributed by atoms with Gasteiger partial charge in [0.1, 0.15) is 5.82 Å². The van der Waals surface area contributed by atoms with E-state index in [1.807, 2.05) is 42.5 Å². The molecule has 0 bridgehead atoms. The Kier molecular flexibility index (Phi) is 2.48. The summed E-state index contributed by atoms with van der Waals surface area (Å²) in [7, 11) is 0. The summed E-state index contributed by atoms with van der Waals surface area (Å²) in [5.74, 6) is -0.213. The molecule has 2 nitrogen and oxygen atoms in total. The van der Waals surface area contributed by atoms with Gasteiger partial charge in [0.15, 0.2) is 0 Å². The maximum atomic E-state index is 14.1. The first-order valence-electron chi connectivity index (χ1n) is 6.79. The number of nitrogens with one attached hydrogen (secondary N) is 1. The van der Waals surface area contributed by atoms with Gasteiger partial charge >= 0.3 is 0 Å². The van der Waals surface area contributed by atoms with Crippen LogP contribution in [0.25, 0.3) is 32.9 Å². The van der Waals surface area contributed by atoms with Gasteiger partial charge in [0.05, 0.1) is 0 Å². The number of H-pyrrole nitrogens is 1. The highest BCUT2D eigenvalue weighted by atomic mass is 19.1. The van der Waals surface area contributed by atoms with Crippen LogP contribution in [0.15, 0.2) is 60.7 Å². The molecule has 0 aliphatic rings. The molecule has 0 saturated carbocycles. The maximum absolute atomic E-state index is 14.1. The number of aromatic nitrogens is 1. The van der Waals surface area contributed by atoms with Crippen LogP contribution in [0.2, 0.25) is 0 Å². The number of anilines is 1. The molecule has 4 aromatic rings. The summed E-state index contributed by atoms with van der Waals surface area (Å²) in [6, 6.07) is 18.5. The van der Waals surface area contributed by atoms with E-state index in [1.54, 1.807) is 12.1 Å². The second-order valence-corrected chi connectivity index (χ2v) is 5.14. The number of benzene rings is 3. The van der Waals surface area contributed by atoms with E-state index in [2.05, 4.69) is 4.98 Å². The summed E-state index contributed by atoms with van der Waals surface area (Å²) >= 11 is 0.